The Morgan fingerprint density at radius 3 is 2.54 bits per heavy atom. The molecule has 0 saturated heterocycles. The lowest BCUT2D eigenvalue weighted by molar-refractivity contribution is 0.0712. The van der Waals surface area contributed by atoms with E-state index in [0.29, 0.717) is 30.3 Å². The molecule has 0 aliphatic carbocycles. The highest BCUT2D eigenvalue weighted by atomic mass is 16.5. The van der Waals surface area contributed by atoms with Crippen molar-refractivity contribution in [2.75, 3.05) is 7.11 Å². The van der Waals surface area contributed by atoms with Crippen LogP contribution in [-0.2, 0) is 13.1 Å². The number of methoxy groups -OCH3 is 1. The lowest BCUT2D eigenvalue weighted by Gasteiger charge is -2.28. The van der Waals surface area contributed by atoms with E-state index in [1.807, 2.05) is 42.5 Å². The zero-order valence-corrected chi connectivity index (χ0v) is 14.3. The molecule has 6 heteroatoms. The molecule has 0 radical (unpaired) electrons. The second kappa shape index (κ2) is 6.84. The number of carbonyl (C=O) groups is 1. The number of ether oxygens (including phenoxy) is 2. The Kier molecular flexibility index (Phi) is 4.23. The molecule has 0 N–H and O–H groups in total. The van der Waals surface area contributed by atoms with Crippen LogP contribution in [0.3, 0.4) is 0 Å². The molecule has 1 aromatic heterocycles. The van der Waals surface area contributed by atoms with Crippen molar-refractivity contribution in [2.45, 2.75) is 13.1 Å². The van der Waals surface area contributed by atoms with Gasteiger partial charge in [-0.25, -0.2) is 9.97 Å². The van der Waals surface area contributed by atoms with Gasteiger partial charge in [0.1, 0.15) is 5.75 Å². The van der Waals surface area contributed by atoms with Crippen LogP contribution in [0, 0.1) is 0 Å². The number of aromatic nitrogens is 2. The summed E-state index contributed by atoms with van der Waals surface area (Å²) in [6, 6.07) is 15.0. The number of amides is 1. The third-order valence-corrected chi connectivity index (χ3v) is 4.23. The normalized spacial score (nSPS) is 12.9. The van der Waals surface area contributed by atoms with E-state index >= 15 is 0 Å². The average molecular weight is 347 g/mol. The first kappa shape index (κ1) is 16.1. The third-order valence-electron chi connectivity index (χ3n) is 4.23. The summed E-state index contributed by atoms with van der Waals surface area (Å²) in [5.41, 5.74) is 1.77. The number of hydrogen-bond donors (Lipinski definition) is 0. The lowest BCUT2D eigenvalue weighted by atomic mass is 10.1. The molecule has 3 aromatic rings. The summed E-state index contributed by atoms with van der Waals surface area (Å²) in [7, 11) is 1.60. The summed E-state index contributed by atoms with van der Waals surface area (Å²) in [6.45, 7) is 0.780. The highest BCUT2D eigenvalue weighted by molar-refractivity contribution is 5.90. The largest absolute Gasteiger partial charge is 0.493 e. The monoisotopic (exact) mass is 347 g/mol. The summed E-state index contributed by atoms with van der Waals surface area (Å²) in [6.07, 6.45) is 3.14. The van der Waals surface area contributed by atoms with Crippen molar-refractivity contribution >= 4 is 5.91 Å². The van der Waals surface area contributed by atoms with Crippen molar-refractivity contribution in [2.24, 2.45) is 0 Å². The molecule has 0 unspecified atom stereocenters. The van der Waals surface area contributed by atoms with Gasteiger partial charge in [-0.05, 0) is 18.2 Å². The SMILES string of the molecule is COc1cccc2c1Oc1ccccc1CN(C(=O)c1ncccn1)C2. The molecule has 0 atom stereocenters. The first-order valence-electron chi connectivity index (χ1n) is 8.24. The van der Waals surface area contributed by atoms with E-state index in [0.717, 1.165) is 11.1 Å². The predicted molar refractivity (Wildman–Crippen MR) is 95.1 cm³/mol. The molecule has 26 heavy (non-hydrogen) atoms. The van der Waals surface area contributed by atoms with Crippen LogP contribution in [0.1, 0.15) is 21.7 Å². The molecular weight excluding hydrogens is 330 g/mol. The smallest absolute Gasteiger partial charge is 0.292 e. The summed E-state index contributed by atoms with van der Waals surface area (Å²) in [5, 5.41) is 0. The van der Waals surface area contributed by atoms with Crippen molar-refractivity contribution in [1.82, 2.24) is 14.9 Å². The zero-order chi connectivity index (χ0) is 17.9. The molecule has 0 fully saturated rings. The first-order valence-corrected chi connectivity index (χ1v) is 8.24. The molecular formula is C20H17N3O3. The van der Waals surface area contributed by atoms with Crippen molar-refractivity contribution in [3.8, 4) is 17.2 Å². The van der Waals surface area contributed by atoms with Crippen LogP contribution in [0.15, 0.2) is 60.9 Å². The van der Waals surface area contributed by atoms with E-state index in [1.165, 1.54) is 0 Å². The van der Waals surface area contributed by atoms with Crippen LogP contribution >= 0.6 is 0 Å². The summed E-state index contributed by atoms with van der Waals surface area (Å²) < 4.78 is 11.6. The molecule has 1 amide bonds. The molecule has 6 nitrogen and oxygen atoms in total. The van der Waals surface area contributed by atoms with Gasteiger partial charge in [-0.15, -0.1) is 0 Å². The van der Waals surface area contributed by atoms with Gasteiger partial charge in [-0.2, -0.15) is 0 Å². The Labute approximate surface area is 151 Å². The molecule has 2 heterocycles. The second-order valence-electron chi connectivity index (χ2n) is 5.89. The number of benzene rings is 2. The number of hydrogen-bond acceptors (Lipinski definition) is 5. The molecule has 1 aliphatic rings. The average Bonchev–Trinajstić information content (AvgIpc) is 2.68. The fourth-order valence-corrected chi connectivity index (χ4v) is 2.97. The molecule has 0 saturated carbocycles. The number of carbonyl (C=O) groups excluding carboxylic acids is 1. The van der Waals surface area contributed by atoms with Crippen molar-refractivity contribution in [3.63, 3.8) is 0 Å². The van der Waals surface area contributed by atoms with Gasteiger partial charge >= 0.3 is 0 Å². The summed E-state index contributed by atoms with van der Waals surface area (Å²) >= 11 is 0. The van der Waals surface area contributed by atoms with Gasteiger partial charge in [-0.3, -0.25) is 4.79 Å². The van der Waals surface area contributed by atoms with E-state index in [1.54, 1.807) is 30.5 Å². The maximum absolute atomic E-state index is 13.0. The van der Waals surface area contributed by atoms with E-state index in [2.05, 4.69) is 9.97 Å². The Morgan fingerprint density at radius 2 is 1.73 bits per heavy atom. The summed E-state index contributed by atoms with van der Waals surface area (Å²) in [5.74, 6) is 1.90. The van der Waals surface area contributed by atoms with Crippen LogP contribution in [-0.4, -0.2) is 27.9 Å². The maximum Gasteiger partial charge on any atom is 0.292 e. The van der Waals surface area contributed by atoms with E-state index in [-0.39, 0.29) is 11.7 Å². The highest BCUT2D eigenvalue weighted by Crippen LogP contribution is 2.39. The lowest BCUT2D eigenvalue weighted by Crippen LogP contribution is -2.32. The Hall–Kier alpha value is -3.41. The molecule has 2 aromatic carbocycles. The van der Waals surface area contributed by atoms with Gasteiger partial charge in [-0.1, -0.05) is 30.3 Å². The Morgan fingerprint density at radius 1 is 1.00 bits per heavy atom. The number of fused-ring (bicyclic) bond motifs is 2. The second-order valence-corrected chi connectivity index (χ2v) is 5.89. The van der Waals surface area contributed by atoms with Gasteiger partial charge in [0, 0.05) is 23.5 Å². The topological polar surface area (TPSA) is 64.6 Å². The van der Waals surface area contributed by atoms with Crippen LogP contribution in [0.4, 0.5) is 0 Å². The maximum atomic E-state index is 13.0. The van der Waals surface area contributed by atoms with Gasteiger partial charge < -0.3 is 14.4 Å². The fourth-order valence-electron chi connectivity index (χ4n) is 2.97. The molecule has 1 aliphatic heterocycles. The standard InChI is InChI=1S/C20H17N3O3/c1-25-17-9-4-7-15-13-23(20(24)19-21-10-5-11-22-19)12-14-6-2-3-8-16(14)26-18(15)17/h2-11H,12-13H2,1H3. The van der Waals surface area contributed by atoms with Crippen molar-refractivity contribution in [1.29, 1.82) is 0 Å². The van der Waals surface area contributed by atoms with E-state index in [9.17, 15) is 4.79 Å². The third kappa shape index (κ3) is 2.97. The highest BCUT2D eigenvalue weighted by Gasteiger charge is 2.25. The van der Waals surface area contributed by atoms with Gasteiger partial charge in [0.25, 0.3) is 5.91 Å². The van der Waals surface area contributed by atoms with Gasteiger partial charge in [0.15, 0.2) is 11.5 Å². The van der Waals surface area contributed by atoms with Crippen molar-refractivity contribution < 1.29 is 14.3 Å². The van der Waals surface area contributed by atoms with E-state index < -0.39 is 0 Å². The Bertz CT molecular complexity index is 944. The van der Waals surface area contributed by atoms with Crippen LogP contribution in [0.2, 0.25) is 0 Å². The number of para-hydroxylation sites is 2. The molecule has 0 spiro atoms. The zero-order valence-electron chi connectivity index (χ0n) is 14.3. The first-order chi connectivity index (χ1) is 12.8. The molecule has 130 valence electrons. The minimum Gasteiger partial charge on any atom is -0.493 e. The summed E-state index contributed by atoms with van der Waals surface area (Å²) in [4.78, 5) is 22.9. The van der Waals surface area contributed by atoms with Crippen LogP contribution in [0.5, 0.6) is 17.2 Å². The molecule has 0 bridgehead atoms. The predicted octanol–water partition coefficient (Wildman–Crippen LogP) is 3.43. The minimum atomic E-state index is -0.226. The quantitative estimate of drug-likeness (QED) is 0.710. The van der Waals surface area contributed by atoms with E-state index in [4.69, 9.17) is 9.47 Å². The fraction of sp³-hybridized carbons (Fsp3) is 0.150. The van der Waals surface area contributed by atoms with Crippen LogP contribution < -0.4 is 9.47 Å². The number of nitrogens with zero attached hydrogens (tertiary/aromatic N) is 3. The van der Waals surface area contributed by atoms with Gasteiger partial charge in [0.2, 0.25) is 5.82 Å². The number of rotatable bonds is 2. The Balaban J connectivity index is 1.81. The van der Waals surface area contributed by atoms with Crippen molar-refractivity contribution in [3.05, 3.63) is 77.9 Å². The minimum absolute atomic E-state index is 0.177. The van der Waals surface area contributed by atoms with Crippen LogP contribution in [0.25, 0.3) is 0 Å². The molecule has 4 rings (SSSR count). The van der Waals surface area contributed by atoms with Gasteiger partial charge in [0.05, 0.1) is 20.2 Å².